The maximum atomic E-state index is 12.5. The third kappa shape index (κ3) is 6.26. The van der Waals surface area contributed by atoms with Gasteiger partial charge in [0.1, 0.15) is 5.15 Å². The molecule has 25 heavy (non-hydrogen) atoms. The predicted molar refractivity (Wildman–Crippen MR) is 92.6 cm³/mol. The zero-order valence-electron chi connectivity index (χ0n) is 13.6. The lowest BCUT2D eigenvalue weighted by molar-refractivity contribution is -0.137. The van der Waals surface area contributed by atoms with Gasteiger partial charge in [-0.05, 0) is 35.7 Å². The number of benzene rings is 1. The van der Waals surface area contributed by atoms with Crippen LogP contribution in [-0.4, -0.2) is 24.5 Å². The van der Waals surface area contributed by atoms with Gasteiger partial charge >= 0.3 is 6.18 Å². The second-order valence-corrected chi connectivity index (χ2v) is 5.67. The summed E-state index contributed by atoms with van der Waals surface area (Å²) in [4.78, 5) is 8.09. The molecule has 1 aromatic heterocycles. The summed E-state index contributed by atoms with van der Waals surface area (Å²) in [6.45, 7) is 1.08. The fraction of sp³-hybridized carbons (Fsp3) is 0.294. The first kappa shape index (κ1) is 19.1. The van der Waals surface area contributed by atoms with E-state index in [2.05, 4.69) is 20.6 Å². The summed E-state index contributed by atoms with van der Waals surface area (Å²) >= 11 is 5.73. The first-order chi connectivity index (χ1) is 11.9. The van der Waals surface area contributed by atoms with Crippen molar-refractivity contribution in [1.82, 2.24) is 15.6 Å². The van der Waals surface area contributed by atoms with Crippen LogP contribution in [-0.2, 0) is 19.1 Å². The molecule has 0 unspecified atom stereocenters. The van der Waals surface area contributed by atoms with Gasteiger partial charge in [0.15, 0.2) is 5.96 Å². The molecule has 8 heteroatoms. The summed E-state index contributed by atoms with van der Waals surface area (Å²) in [6.07, 6.45) is -2.05. The van der Waals surface area contributed by atoms with Crippen molar-refractivity contribution in [3.63, 3.8) is 0 Å². The SMILES string of the molecule is CN=C(NCCc1ccc(C(F)(F)F)cc1)NCc1ccc(Cl)nc1. The monoisotopic (exact) mass is 370 g/mol. The molecule has 1 aromatic carbocycles. The highest BCUT2D eigenvalue weighted by Crippen LogP contribution is 2.29. The predicted octanol–water partition coefficient (Wildman–Crippen LogP) is 3.66. The Labute approximate surface area is 149 Å². The van der Waals surface area contributed by atoms with Gasteiger partial charge in [-0.3, -0.25) is 4.99 Å². The molecule has 0 amide bonds. The largest absolute Gasteiger partial charge is 0.416 e. The molecule has 0 aliphatic rings. The van der Waals surface area contributed by atoms with Gasteiger partial charge in [0.25, 0.3) is 0 Å². The van der Waals surface area contributed by atoms with E-state index in [4.69, 9.17) is 11.6 Å². The van der Waals surface area contributed by atoms with Crippen LogP contribution in [0, 0.1) is 0 Å². The van der Waals surface area contributed by atoms with E-state index in [9.17, 15) is 13.2 Å². The number of aliphatic imine (C=N–C) groups is 1. The number of hydrogen-bond donors (Lipinski definition) is 2. The summed E-state index contributed by atoms with van der Waals surface area (Å²) in [5.74, 6) is 0.599. The summed E-state index contributed by atoms with van der Waals surface area (Å²) < 4.78 is 37.6. The summed E-state index contributed by atoms with van der Waals surface area (Å²) in [6, 6.07) is 8.73. The molecule has 0 aliphatic carbocycles. The van der Waals surface area contributed by atoms with Crippen molar-refractivity contribution >= 4 is 17.6 Å². The molecule has 2 rings (SSSR count). The van der Waals surface area contributed by atoms with Gasteiger partial charge in [-0.25, -0.2) is 4.98 Å². The molecular formula is C17H18ClF3N4. The zero-order chi connectivity index (χ0) is 18.3. The molecule has 0 spiro atoms. The lowest BCUT2D eigenvalue weighted by Crippen LogP contribution is -2.37. The van der Waals surface area contributed by atoms with Crippen LogP contribution in [0.3, 0.4) is 0 Å². The molecule has 0 radical (unpaired) electrons. The minimum absolute atomic E-state index is 0.433. The number of halogens is 4. The number of nitrogens with one attached hydrogen (secondary N) is 2. The molecule has 0 atom stereocenters. The van der Waals surface area contributed by atoms with Crippen molar-refractivity contribution < 1.29 is 13.2 Å². The smallest absolute Gasteiger partial charge is 0.356 e. The van der Waals surface area contributed by atoms with Gasteiger partial charge in [0.2, 0.25) is 0 Å². The van der Waals surface area contributed by atoms with Gasteiger partial charge < -0.3 is 10.6 Å². The van der Waals surface area contributed by atoms with Crippen LogP contribution in [0.25, 0.3) is 0 Å². The van der Waals surface area contributed by atoms with Crippen molar-refractivity contribution in [2.45, 2.75) is 19.1 Å². The van der Waals surface area contributed by atoms with E-state index in [1.807, 2.05) is 6.07 Å². The number of alkyl halides is 3. The number of nitrogens with zero attached hydrogens (tertiary/aromatic N) is 2. The molecule has 0 fully saturated rings. The maximum absolute atomic E-state index is 12.5. The highest BCUT2D eigenvalue weighted by molar-refractivity contribution is 6.29. The Kier molecular flexibility index (Phi) is 6.64. The van der Waals surface area contributed by atoms with Gasteiger partial charge in [-0.1, -0.05) is 29.8 Å². The highest BCUT2D eigenvalue weighted by Gasteiger charge is 2.29. The zero-order valence-corrected chi connectivity index (χ0v) is 14.3. The first-order valence-electron chi connectivity index (χ1n) is 7.59. The second-order valence-electron chi connectivity index (χ2n) is 5.29. The van der Waals surface area contributed by atoms with E-state index in [0.717, 1.165) is 23.3 Å². The van der Waals surface area contributed by atoms with E-state index in [1.165, 1.54) is 12.1 Å². The van der Waals surface area contributed by atoms with Crippen LogP contribution in [0.1, 0.15) is 16.7 Å². The Hall–Kier alpha value is -2.28. The number of hydrogen-bond acceptors (Lipinski definition) is 2. The molecule has 4 nitrogen and oxygen atoms in total. The standard InChI is InChI=1S/C17H18ClF3N4/c1-22-16(25-11-13-4-7-15(18)24-10-13)23-9-8-12-2-5-14(6-3-12)17(19,20)21/h2-7,10H,8-9,11H2,1H3,(H2,22,23,25). The highest BCUT2D eigenvalue weighted by atomic mass is 35.5. The Bertz CT molecular complexity index is 697. The van der Waals surface area contributed by atoms with Crippen LogP contribution in [0.2, 0.25) is 5.15 Å². The Morgan fingerprint density at radius 1 is 1.08 bits per heavy atom. The van der Waals surface area contributed by atoms with Crippen LogP contribution in [0.5, 0.6) is 0 Å². The third-order valence-electron chi connectivity index (χ3n) is 3.46. The van der Waals surface area contributed by atoms with Crippen LogP contribution < -0.4 is 10.6 Å². The fourth-order valence-electron chi connectivity index (χ4n) is 2.10. The van der Waals surface area contributed by atoms with Crippen molar-refractivity contribution in [3.8, 4) is 0 Å². The van der Waals surface area contributed by atoms with Crippen LogP contribution >= 0.6 is 11.6 Å². The van der Waals surface area contributed by atoms with Crippen LogP contribution in [0.15, 0.2) is 47.6 Å². The van der Waals surface area contributed by atoms with Crippen molar-refractivity contribution in [2.24, 2.45) is 4.99 Å². The number of guanidine groups is 1. The van der Waals surface area contributed by atoms with E-state index in [1.54, 1.807) is 19.3 Å². The third-order valence-corrected chi connectivity index (χ3v) is 3.68. The number of aromatic nitrogens is 1. The Morgan fingerprint density at radius 3 is 2.32 bits per heavy atom. The average Bonchev–Trinajstić information content (AvgIpc) is 2.59. The normalized spacial score (nSPS) is 12.1. The fourth-order valence-corrected chi connectivity index (χ4v) is 2.21. The summed E-state index contributed by atoms with van der Waals surface area (Å²) in [5, 5.41) is 6.68. The molecule has 1 heterocycles. The minimum Gasteiger partial charge on any atom is -0.356 e. The van der Waals surface area contributed by atoms with Crippen LogP contribution in [0.4, 0.5) is 13.2 Å². The second kappa shape index (κ2) is 8.71. The maximum Gasteiger partial charge on any atom is 0.416 e. The topological polar surface area (TPSA) is 49.3 Å². The van der Waals surface area contributed by atoms with Crippen molar-refractivity contribution in [2.75, 3.05) is 13.6 Å². The van der Waals surface area contributed by atoms with Gasteiger partial charge in [0.05, 0.1) is 5.56 Å². The van der Waals surface area contributed by atoms with Gasteiger partial charge in [0, 0.05) is 26.3 Å². The molecule has 0 bridgehead atoms. The first-order valence-corrected chi connectivity index (χ1v) is 7.97. The lowest BCUT2D eigenvalue weighted by Gasteiger charge is -2.12. The molecule has 0 saturated carbocycles. The quantitative estimate of drug-likeness (QED) is 0.480. The molecule has 2 aromatic rings. The average molecular weight is 371 g/mol. The molecule has 134 valence electrons. The molecule has 0 aliphatic heterocycles. The van der Waals surface area contributed by atoms with E-state index in [0.29, 0.717) is 30.6 Å². The minimum atomic E-state index is -4.31. The Balaban J connectivity index is 1.78. The summed E-state index contributed by atoms with van der Waals surface area (Å²) in [7, 11) is 1.65. The number of rotatable bonds is 5. The van der Waals surface area contributed by atoms with E-state index in [-0.39, 0.29) is 0 Å². The molecule has 2 N–H and O–H groups in total. The number of pyridine rings is 1. The van der Waals surface area contributed by atoms with Gasteiger partial charge in [-0.15, -0.1) is 0 Å². The van der Waals surface area contributed by atoms with E-state index >= 15 is 0 Å². The van der Waals surface area contributed by atoms with Crippen molar-refractivity contribution in [3.05, 3.63) is 64.4 Å². The molecule has 0 saturated heterocycles. The Morgan fingerprint density at radius 2 is 1.76 bits per heavy atom. The summed E-state index contributed by atoms with van der Waals surface area (Å²) in [5.41, 5.74) is 1.13. The lowest BCUT2D eigenvalue weighted by atomic mass is 10.1. The molecular weight excluding hydrogens is 353 g/mol. The van der Waals surface area contributed by atoms with E-state index < -0.39 is 11.7 Å². The van der Waals surface area contributed by atoms with Crippen molar-refractivity contribution in [1.29, 1.82) is 0 Å². The van der Waals surface area contributed by atoms with Gasteiger partial charge in [-0.2, -0.15) is 13.2 Å².